The van der Waals surface area contributed by atoms with Crippen LogP contribution in [0.25, 0.3) is 11.0 Å². The van der Waals surface area contributed by atoms with E-state index in [1.807, 2.05) is 37.3 Å². The van der Waals surface area contributed by atoms with Crippen molar-refractivity contribution < 1.29 is 8.94 Å². The van der Waals surface area contributed by atoms with Crippen molar-refractivity contribution in [3.8, 4) is 0 Å². The number of furan rings is 1. The Bertz CT molecular complexity index is 621. The van der Waals surface area contributed by atoms with E-state index < -0.39 is 0 Å². The molecule has 0 saturated heterocycles. The lowest BCUT2D eigenvalue weighted by Crippen LogP contribution is -2.12. The summed E-state index contributed by atoms with van der Waals surface area (Å²) in [6.07, 6.45) is 0. The molecule has 0 radical (unpaired) electrons. The van der Waals surface area contributed by atoms with Gasteiger partial charge in [-0.15, -0.1) is 0 Å². The Labute approximate surface area is 105 Å². The van der Waals surface area contributed by atoms with Crippen LogP contribution in [0.1, 0.15) is 17.2 Å². The van der Waals surface area contributed by atoms with Crippen molar-refractivity contribution in [2.45, 2.75) is 20.0 Å². The summed E-state index contributed by atoms with van der Waals surface area (Å²) in [4.78, 5) is 0. The smallest absolute Gasteiger partial charge is 0.134 e. The highest BCUT2D eigenvalue weighted by Crippen LogP contribution is 2.18. The molecule has 3 aromatic rings. The minimum absolute atomic E-state index is 0.675. The Kier molecular flexibility index (Phi) is 2.86. The van der Waals surface area contributed by atoms with E-state index in [1.165, 1.54) is 0 Å². The Morgan fingerprint density at radius 2 is 2.06 bits per heavy atom. The Balaban J connectivity index is 1.62. The van der Waals surface area contributed by atoms with Crippen molar-refractivity contribution in [1.82, 2.24) is 10.5 Å². The van der Waals surface area contributed by atoms with Crippen LogP contribution in [0.3, 0.4) is 0 Å². The molecule has 2 heterocycles. The van der Waals surface area contributed by atoms with Gasteiger partial charge in [-0.05, 0) is 19.1 Å². The number of para-hydroxylation sites is 1. The van der Waals surface area contributed by atoms with Crippen molar-refractivity contribution in [3.63, 3.8) is 0 Å². The monoisotopic (exact) mass is 242 g/mol. The molecular weight excluding hydrogens is 228 g/mol. The van der Waals surface area contributed by atoms with Crippen LogP contribution >= 0.6 is 0 Å². The first-order valence-corrected chi connectivity index (χ1v) is 5.91. The van der Waals surface area contributed by atoms with Gasteiger partial charge in [0.2, 0.25) is 0 Å². The Hall–Kier alpha value is -2.07. The van der Waals surface area contributed by atoms with Gasteiger partial charge in [0.15, 0.2) is 0 Å². The number of rotatable bonds is 4. The molecule has 0 saturated carbocycles. The largest absolute Gasteiger partial charge is 0.460 e. The molecule has 18 heavy (non-hydrogen) atoms. The highest BCUT2D eigenvalue weighted by atomic mass is 16.5. The molecule has 2 aromatic heterocycles. The number of fused-ring (bicyclic) bond motifs is 1. The zero-order valence-corrected chi connectivity index (χ0v) is 10.1. The molecule has 0 spiro atoms. The van der Waals surface area contributed by atoms with E-state index in [-0.39, 0.29) is 0 Å². The summed E-state index contributed by atoms with van der Waals surface area (Å²) in [5.41, 5.74) is 1.83. The van der Waals surface area contributed by atoms with E-state index in [1.54, 1.807) is 0 Å². The molecular formula is C14H14N2O2. The molecule has 3 rings (SSSR count). The minimum Gasteiger partial charge on any atom is -0.460 e. The van der Waals surface area contributed by atoms with Crippen LogP contribution in [0.15, 0.2) is 45.3 Å². The maximum atomic E-state index is 5.70. The summed E-state index contributed by atoms with van der Waals surface area (Å²) in [6.45, 7) is 3.24. The average molecular weight is 242 g/mol. The molecule has 92 valence electrons. The molecule has 0 fully saturated rings. The second kappa shape index (κ2) is 4.66. The summed E-state index contributed by atoms with van der Waals surface area (Å²) < 4.78 is 10.7. The number of aromatic nitrogens is 1. The SMILES string of the molecule is Cc1cc(CNCc2cc3ccccc3o2)no1. The van der Waals surface area contributed by atoms with Gasteiger partial charge >= 0.3 is 0 Å². The van der Waals surface area contributed by atoms with Gasteiger partial charge in [-0.3, -0.25) is 0 Å². The summed E-state index contributed by atoms with van der Waals surface area (Å²) in [7, 11) is 0. The topological polar surface area (TPSA) is 51.2 Å². The summed E-state index contributed by atoms with van der Waals surface area (Å²) in [5, 5.41) is 8.33. The average Bonchev–Trinajstić information content (AvgIpc) is 2.95. The third kappa shape index (κ3) is 2.28. The third-order valence-corrected chi connectivity index (χ3v) is 2.76. The number of benzene rings is 1. The molecule has 0 aliphatic rings. The molecule has 0 atom stereocenters. The van der Waals surface area contributed by atoms with Gasteiger partial charge in [-0.1, -0.05) is 23.4 Å². The number of nitrogens with zero attached hydrogens (tertiary/aromatic N) is 1. The van der Waals surface area contributed by atoms with Crippen LogP contribution in [-0.4, -0.2) is 5.16 Å². The molecule has 1 aromatic carbocycles. The van der Waals surface area contributed by atoms with Crippen molar-refractivity contribution in [1.29, 1.82) is 0 Å². The van der Waals surface area contributed by atoms with E-state index in [0.717, 1.165) is 28.2 Å². The predicted molar refractivity (Wildman–Crippen MR) is 68.0 cm³/mol. The van der Waals surface area contributed by atoms with Gasteiger partial charge in [0.05, 0.1) is 12.2 Å². The van der Waals surface area contributed by atoms with Gasteiger partial charge in [0.1, 0.15) is 17.1 Å². The first-order valence-electron chi connectivity index (χ1n) is 5.91. The van der Waals surface area contributed by atoms with Crippen LogP contribution in [0, 0.1) is 6.92 Å². The van der Waals surface area contributed by atoms with Gasteiger partial charge < -0.3 is 14.3 Å². The highest BCUT2D eigenvalue weighted by Gasteiger charge is 2.03. The van der Waals surface area contributed by atoms with Crippen molar-refractivity contribution in [2.75, 3.05) is 0 Å². The van der Waals surface area contributed by atoms with Crippen molar-refractivity contribution in [3.05, 3.63) is 53.6 Å². The summed E-state index contributed by atoms with van der Waals surface area (Å²) >= 11 is 0. The van der Waals surface area contributed by atoms with E-state index in [9.17, 15) is 0 Å². The Morgan fingerprint density at radius 1 is 1.17 bits per heavy atom. The molecule has 1 N–H and O–H groups in total. The summed E-state index contributed by atoms with van der Waals surface area (Å²) in [6, 6.07) is 12.0. The molecule has 4 nitrogen and oxygen atoms in total. The predicted octanol–water partition coefficient (Wildman–Crippen LogP) is 3.02. The second-order valence-corrected chi connectivity index (χ2v) is 4.28. The number of hydrogen-bond donors (Lipinski definition) is 1. The zero-order chi connectivity index (χ0) is 12.4. The normalized spacial score (nSPS) is 11.2. The Morgan fingerprint density at radius 3 is 2.83 bits per heavy atom. The maximum absolute atomic E-state index is 5.70. The number of hydrogen-bond acceptors (Lipinski definition) is 4. The van der Waals surface area contributed by atoms with Crippen LogP contribution < -0.4 is 5.32 Å². The van der Waals surface area contributed by atoms with E-state index in [0.29, 0.717) is 13.1 Å². The number of nitrogens with one attached hydrogen (secondary N) is 1. The lowest BCUT2D eigenvalue weighted by molar-refractivity contribution is 0.387. The lowest BCUT2D eigenvalue weighted by atomic mass is 10.2. The fraction of sp³-hybridized carbons (Fsp3) is 0.214. The number of aryl methyl sites for hydroxylation is 1. The van der Waals surface area contributed by atoms with E-state index in [2.05, 4.69) is 16.5 Å². The standard InChI is InChI=1S/C14H14N2O2/c1-10-6-12(16-18-10)8-15-9-13-7-11-4-2-3-5-14(11)17-13/h2-7,15H,8-9H2,1H3. The molecule has 0 aliphatic heterocycles. The fourth-order valence-corrected chi connectivity index (χ4v) is 1.94. The van der Waals surface area contributed by atoms with Gasteiger partial charge in [0.25, 0.3) is 0 Å². The van der Waals surface area contributed by atoms with Gasteiger partial charge in [-0.25, -0.2) is 0 Å². The molecule has 0 aliphatic carbocycles. The lowest BCUT2D eigenvalue weighted by Gasteiger charge is -1.97. The van der Waals surface area contributed by atoms with E-state index >= 15 is 0 Å². The third-order valence-electron chi connectivity index (χ3n) is 2.76. The van der Waals surface area contributed by atoms with Crippen LogP contribution in [-0.2, 0) is 13.1 Å². The molecule has 0 unspecified atom stereocenters. The molecule has 0 bridgehead atoms. The van der Waals surface area contributed by atoms with Crippen molar-refractivity contribution >= 4 is 11.0 Å². The van der Waals surface area contributed by atoms with Gasteiger partial charge in [-0.2, -0.15) is 0 Å². The van der Waals surface area contributed by atoms with Gasteiger partial charge in [0, 0.05) is 18.0 Å². The van der Waals surface area contributed by atoms with E-state index in [4.69, 9.17) is 8.94 Å². The molecule has 4 heteroatoms. The van der Waals surface area contributed by atoms with Crippen molar-refractivity contribution in [2.24, 2.45) is 0 Å². The quantitative estimate of drug-likeness (QED) is 0.764. The zero-order valence-electron chi connectivity index (χ0n) is 10.1. The first-order chi connectivity index (χ1) is 8.81. The molecule has 0 amide bonds. The minimum atomic E-state index is 0.675. The van der Waals surface area contributed by atoms with Crippen LogP contribution in [0.4, 0.5) is 0 Å². The van der Waals surface area contributed by atoms with Crippen LogP contribution in [0.5, 0.6) is 0 Å². The maximum Gasteiger partial charge on any atom is 0.134 e. The first kappa shape index (κ1) is 11.0. The van der Waals surface area contributed by atoms with Crippen LogP contribution in [0.2, 0.25) is 0 Å². The summed E-state index contributed by atoms with van der Waals surface area (Å²) in [5.74, 6) is 1.76. The fourth-order valence-electron chi connectivity index (χ4n) is 1.94. The highest BCUT2D eigenvalue weighted by molar-refractivity contribution is 5.77. The second-order valence-electron chi connectivity index (χ2n) is 4.28.